The Morgan fingerprint density at radius 2 is 2.11 bits per heavy atom. The average molecular weight is 267 g/mol. The number of hydrogen-bond donors (Lipinski definition) is 6. The van der Waals surface area contributed by atoms with E-state index in [1.54, 1.807) is 0 Å². The van der Waals surface area contributed by atoms with Crippen LogP contribution in [0.3, 0.4) is 0 Å². The molecule has 1 aliphatic heterocycles. The molecule has 0 saturated heterocycles. The minimum atomic E-state index is -0.979. The molecule has 8 nitrogen and oxygen atoms in total. The molecule has 0 fully saturated rings. The van der Waals surface area contributed by atoms with Crippen molar-refractivity contribution in [3.63, 3.8) is 0 Å². The van der Waals surface area contributed by atoms with Gasteiger partial charge in [0.05, 0.1) is 12.1 Å². The van der Waals surface area contributed by atoms with E-state index in [1.165, 1.54) is 6.92 Å². The molecule has 0 radical (unpaired) electrons. The second kappa shape index (κ2) is 6.08. The summed E-state index contributed by atoms with van der Waals surface area (Å²) in [5, 5.41) is 24.7. The van der Waals surface area contributed by atoms with E-state index in [0.717, 1.165) is 0 Å². The van der Waals surface area contributed by atoms with Gasteiger partial charge in [-0.3, -0.25) is 9.78 Å². The minimum absolute atomic E-state index is 0.0255. The summed E-state index contributed by atoms with van der Waals surface area (Å²) in [5.41, 5.74) is 5.20. The molecule has 7 N–H and O–H groups in total. The van der Waals surface area contributed by atoms with Crippen LogP contribution in [0.15, 0.2) is 4.79 Å². The molecule has 1 aliphatic rings. The number of aliphatic hydroxyl groups excluding tert-OH is 2. The molecule has 2 rings (SSSR count). The van der Waals surface area contributed by atoms with Crippen molar-refractivity contribution in [1.29, 1.82) is 0 Å². The van der Waals surface area contributed by atoms with Gasteiger partial charge in [-0.2, -0.15) is 4.98 Å². The van der Waals surface area contributed by atoms with Crippen molar-refractivity contribution < 1.29 is 10.2 Å². The van der Waals surface area contributed by atoms with Crippen LogP contribution in [0, 0.1) is 12.8 Å². The Labute approximate surface area is 110 Å². The summed E-state index contributed by atoms with van der Waals surface area (Å²) in [6, 6.07) is -0.464. The first-order chi connectivity index (χ1) is 8.99. The predicted molar refractivity (Wildman–Crippen MR) is 72.7 cm³/mol. The highest BCUT2D eigenvalue weighted by Gasteiger charge is 2.29. The monoisotopic (exact) mass is 267 g/mol. The molecule has 1 aromatic rings. The number of hydrogen-bond acceptors (Lipinski definition) is 7. The van der Waals surface area contributed by atoms with Crippen LogP contribution in [0.1, 0.15) is 6.92 Å². The molecule has 0 aliphatic carbocycles. The number of nitrogen functional groups attached to an aromatic ring is 1. The number of fused-ring (bicyclic) bond motifs is 1. The molecular formula is C11H17N5O3. The quantitative estimate of drug-likeness (QED) is 0.361. The van der Waals surface area contributed by atoms with Gasteiger partial charge in [-0.15, -0.1) is 12.8 Å². The summed E-state index contributed by atoms with van der Waals surface area (Å²) in [6.45, 7) is 1.82. The third-order valence-electron chi connectivity index (χ3n) is 2.66. The van der Waals surface area contributed by atoms with Crippen LogP contribution < -0.4 is 21.9 Å². The zero-order chi connectivity index (χ0) is 14.6. The average Bonchev–Trinajstić information content (AvgIpc) is 2.39. The number of H-pyrrole nitrogens is 1. The Bertz CT molecular complexity index is 511. The Balaban J connectivity index is 0.000000861. The Hall–Kier alpha value is -2.24. The lowest BCUT2D eigenvalue weighted by molar-refractivity contribution is 0.0214. The summed E-state index contributed by atoms with van der Waals surface area (Å²) in [4.78, 5) is 17.9. The molecule has 8 heteroatoms. The number of aromatic amines is 1. The smallest absolute Gasteiger partial charge is 0.277 e. The molecule has 2 heterocycles. The summed E-state index contributed by atoms with van der Waals surface area (Å²) in [7, 11) is 0. The summed E-state index contributed by atoms with van der Waals surface area (Å²) >= 11 is 0. The molecule has 0 spiro atoms. The highest BCUT2D eigenvalue weighted by molar-refractivity contribution is 5.67. The van der Waals surface area contributed by atoms with Gasteiger partial charge in [0.25, 0.3) is 5.56 Å². The van der Waals surface area contributed by atoms with Gasteiger partial charge in [0, 0.05) is 6.54 Å². The van der Waals surface area contributed by atoms with Gasteiger partial charge in [0.1, 0.15) is 11.8 Å². The molecule has 0 aromatic carbocycles. The van der Waals surface area contributed by atoms with Crippen LogP contribution in [0.5, 0.6) is 0 Å². The summed E-state index contributed by atoms with van der Waals surface area (Å²) in [6.07, 6.45) is 6.13. The Morgan fingerprint density at radius 1 is 1.47 bits per heavy atom. The third kappa shape index (κ3) is 3.15. The lowest BCUT2D eigenvalue weighted by atomic mass is 10.0. The highest BCUT2D eigenvalue weighted by atomic mass is 16.3. The van der Waals surface area contributed by atoms with E-state index in [1.807, 2.05) is 0 Å². The van der Waals surface area contributed by atoms with Gasteiger partial charge in [-0.1, -0.05) is 0 Å². The van der Waals surface area contributed by atoms with Crippen LogP contribution in [0.25, 0.3) is 0 Å². The molecule has 3 atom stereocenters. The van der Waals surface area contributed by atoms with Crippen molar-refractivity contribution in [2.45, 2.75) is 25.2 Å². The van der Waals surface area contributed by atoms with Gasteiger partial charge in [0.2, 0.25) is 5.95 Å². The number of aliphatic hydroxyl groups is 2. The second-order valence-electron chi connectivity index (χ2n) is 4.04. The molecule has 0 saturated carbocycles. The fraction of sp³-hybridized carbons (Fsp3) is 0.455. The fourth-order valence-electron chi connectivity index (χ4n) is 1.74. The van der Waals surface area contributed by atoms with Crippen molar-refractivity contribution in [2.75, 3.05) is 22.9 Å². The van der Waals surface area contributed by atoms with E-state index >= 15 is 0 Å². The molecule has 104 valence electrons. The van der Waals surface area contributed by atoms with Crippen molar-refractivity contribution in [1.82, 2.24) is 9.97 Å². The van der Waals surface area contributed by atoms with Crippen molar-refractivity contribution in [3.8, 4) is 12.8 Å². The van der Waals surface area contributed by atoms with E-state index < -0.39 is 23.8 Å². The number of terminal acetylenes is 1. The topological polar surface area (TPSA) is 136 Å². The largest absolute Gasteiger partial charge is 0.391 e. The Kier molecular flexibility index (Phi) is 4.74. The fourth-order valence-corrected chi connectivity index (χ4v) is 1.74. The normalized spacial score (nSPS) is 19.7. The number of nitrogens with two attached hydrogens (primary N) is 1. The third-order valence-corrected chi connectivity index (χ3v) is 2.66. The van der Waals surface area contributed by atoms with Crippen molar-refractivity contribution in [3.05, 3.63) is 10.4 Å². The highest BCUT2D eigenvalue weighted by Crippen LogP contribution is 2.21. The number of anilines is 3. The van der Waals surface area contributed by atoms with E-state index in [9.17, 15) is 15.0 Å². The summed E-state index contributed by atoms with van der Waals surface area (Å²) < 4.78 is 0. The maximum Gasteiger partial charge on any atom is 0.277 e. The molecule has 0 amide bonds. The van der Waals surface area contributed by atoms with Gasteiger partial charge in [0.15, 0.2) is 5.82 Å². The predicted octanol–water partition coefficient (Wildman–Crippen LogP) is -1.45. The van der Waals surface area contributed by atoms with Crippen LogP contribution in [0.2, 0.25) is 0 Å². The number of nitrogens with zero attached hydrogens (tertiary/aromatic N) is 1. The summed E-state index contributed by atoms with van der Waals surface area (Å²) in [5.74, 6) is 0.373. The van der Waals surface area contributed by atoms with Crippen LogP contribution in [-0.2, 0) is 0 Å². The lowest BCUT2D eigenvalue weighted by Crippen LogP contribution is -2.48. The number of nitrogens with one attached hydrogen (secondary N) is 3. The number of rotatable bonds is 2. The van der Waals surface area contributed by atoms with Crippen LogP contribution in [0.4, 0.5) is 17.5 Å². The SMILES string of the molecule is C#C.C[C@H](O)[C@H](O)C1CNc2nc(N)[nH]c(=O)c2N1. The molecule has 1 unspecified atom stereocenters. The second-order valence-corrected chi connectivity index (χ2v) is 4.04. The molecule has 0 bridgehead atoms. The van der Waals surface area contributed by atoms with E-state index in [-0.39, 0.29) is 11.6 Å². The zero-order valence-electron chi connectivity index (χ0n) is 10.4. The van der Waals surface area contributed by atoms with Crippen LogP contribution in [-0.4, -0.2) is 45.0 Å². The van der Waals surface area contributed by atoms with Crippen molar-refractivity contribution >= 4 is 17.5 Å². The Morgan fingerprint density at radius 3 is 2.68 bits per heavy atom. The van der Waals surface area contributed by atoms with Crippen molar-refractivity contribution in [2.24, 2.45) is 0 Å². The first kappa shape index (κ1) is 14.8. The molecular weight excluding hydrogens is 250 g/mol. The first-order valence-corrected chi connectivity index (χ1v) is 5.58. The maximum absolute atomic E-state index is 11.6. The molecule has 1 aromatic heterocycles. The molecule has 19 heavy (non-hydrogen) atoms. The van der Waals surface area contributed by atoms with Crippen LogP contribution >= 0.6 is 0 Å². The first-order valence-electron chi connectivity index (χ1n) is 5.58. The van der Waals surface area contributed by atoms with E-state index in [2.05, 4.69) is 33.4 Å². The lowest BCUT2D eigenvalue weighted by Gasteiger charge is -2.31. The van der Waals surface area contributed by atoms with E-state index in [4.69, 9.17) is 5.73 Å². The van der Waals surface area contributed by atoms with Gasteiger partial charge < -0.3 is 26.6 Å². The zero-order valence-corrected chi connectivity index (χ0v) is 10.4. The van der Waals surface area contributed by atoms with Gasteiger partial charge in [-0.05, 0) is 6.92 Å². The minimum Gasteiger partial charge on any atom is -0.391 e. The van der Waals surface area contributed by atoms with Gasteiger partial charge in [-0.25, -0.2) is 0 Å². The maximum atomic E-state index is 11.6. The van der Waals surface area contributed by atoms with Gasteiger partial charge >= 0.3 is 0 Å². The standard InChI is InChI=1S/C9H15N5O3.C2H2/c1-3(15)6(16)4-2-11-7-5(12-4)8(17)14-9(10)13-7;1-2/h3-4,6,12,15-16H,2H2,1H3,(H4,10,11,13,14,17);1-2H/t3-,4?,6-;/m0./s1. The number of aromatic nitrogens is 2. The van der Waals surface area contributed by atoms with E-state index in [0.29, 0.717) is 12.4 Å².